The maximum absolute atomic E-state index is 14.2. The lowest BCUT2D eigenvalue weighted by Gasteiger charge is -2.23. The van der Waals surface area contributed by atoms with Gasteiger partial charge in [0.25, 0.3) is 5.91 Å². The molecule has 0 aliphatic carbocycles. The third-order valence-electron chi connectivity index (χ3n) is 5.39. The van der Waals surface area contributed by atoms with Crippen LogP contribution in [0.5, 0.6) is 5.75 Å². The Kier molecular flexibility index (Phi) is 6.02. The highest BCUT2D eigenvalue weighted by Crippen LogP contribution is 2.36. The number of fused-ring (bicyclic) bond motifs is 1. The van der Waals surface area contributed by atoms with Crippen molar-refractivity contribution >= 4 is 40.3 Å². The lowest BCUT2D eigenvalue weighted by atomic mass is 9.95. The molecule has 3 aromatic rings. The van der Waals surface area contributed by atoms with E-state index in [2.05, 4.69) is 5.32 Å². The van der Waals surface area contributed by atoms with Gasteiger partial charge in [0.1, 0.15) is 5.54 Å². The fourth-order valence-electron chi connectivity index (χ4n) is 3.61. The van der Waals surface area contributed by atoms with Crippen molar-refractivity contribution in [3.8, 4) is 5.75 Å². The normalized spacial score (nSPS) is 12.6. The number of phenolic OH excluding ortho intramolecular Hbond substituents is 1. The molecular formula is C23H22ClFN2O5. The highest BCUT2D eigenvalue weighted by molar-refractivity contribution is 6.31. The molecule has 32 heavy (non-hydrogen) atoms. The molecule has 1 amide bonds. The fourth-order valence-corrected chi connectivity index (χ4v) is 3.80. The zero-order valence-electron chi connectivity index (χ0n) is 17.9. The van der Waals surface area contributed by atoms with E-state index in [0.29, 0.717) is 21.7 Å². The Morgan fingerprint density at radius 2 is 1.84 bits per heavy atom. The summed E-state index contributed by atoms with van der Waals surface area (Å²) in [5, 5.41) is 22.4. The number of aromatic nitrogens is 1. The molecule has 2 aromatic carbocycles. The number of aromatic hydroxyl groups is 1. The van der Waals surface area contributed by atoms with Crippen molar-refractivity contribution in [3.05, 3.63) is 64.1 Å². The lowest BCUT2D eigenvalue weighted by Crippen LogP contribution is -2.50. The number of halogens is 2. The second-order valence-electron chi connectivity index (χ2n) is 8.11. The Labute approximate surface area is 188 Å². The molecule has 1 unspecified atom stereocenters. The monoisotopic (exact) mass is 460 g/mol. The molecular weight excluding hydrogens is 439 g/mol. The number of carboxylic acids is 1. The summed E-state index contributed by atoms with van der Waals surface area (Å²) in [5.74, 6) is -4.78. The van der Waals surface area contributed by atoms with Gasteiger partial charge in [0.05, 0.1) is 11.4 Å². The third kappa shape index (κ3) is 4.05. The number of aliphatic carboxylic acids is 1. The van der Waals surface area contributed by atoms with E-state index >= 15 is 0 Å². The van der Waals surface area contributed by atoms with Crippen LogP contribution in [0.15, 0.2) is 36.4 Å². The van der Waals surface area contributed by atoms with Crippen LogP contribution in [0.25, 0.3) is 10.9 Å². The predicted octanol–water partition coefficient (Wildman–Crippen LogP) is 4.22. The molecule has 3 rings (SSSR count). The van der Waals surface area contributed by atoms with Crippen LogP contribution in [0, 0.1) is 12.7 Å². The molecule has 0 radical (unpaired) electrons. The van der Waals surface area contributed by atoms with Crippen molar-refractivity contribution in [1.82, 2.24) is 9.88 Å². The molecule has 0 aliphatic rings. The molecule has 0 spiro atoms. The van der Waals surface area contributed by atoms with Gasteiger partial charge in [0, 0.05) is 27.7 Å². The fraction of sp³-hybridized carbons (Fsp3) is 0.261. The number of carbonyl (C=O) groups is 3. The molecule has 168 valence electrons. The van der Waals surface area contributed by atoms with Gasteiger partial charge >= 0.3 is 5.97 Å². The summed E-state index contributed by atoms with van der Waals surface area (Å²) in [4.78, 5) is 37.6. The summed E-state index contributed by atoms with van der Waals surface area (Å²) < 4.78 is 15.5. The molecule has 0 fully saturated rings. The van der Waals surface area contributed by atoms with Crippen LogP contribution in [0.3, 0.4) is 0 Å². The van der Waals surface area contributed by atoms with Crippen molar-refractivity contribution in [3.63, 3.8) is 0 Å². The standard InChI is InChI=1S/C23H22ClFN2O5/c1-11(20(29)26-23(3,4)22(31)32)19-12(2)27(17-10-16(25)18(28)9-15(17)19)21(30)13-6-5-7-14(24)8-13/h5-11,28H,1-4H3,(H,26,29)(H,31,32). The quantitative estimate of drug-likeness (QED) is 0.528. The molecule has 1 heterocycles. The van der Waals surface area contributed by atoms with E-state index < -0.39 is 40.8 Å². The minimum absolute atomic E-state index is 0.162. The predicted molar refractivity (Wildman–Crippen MR) is 118 cm³/mol. The number of rotatable bonds is 5. The van der Waals surface area contributed by atoms with Gasteiger partial charge in [-0.1, -0.05) is 17.7 Å². The van der Waals surface area contributed by atoms with Gasteiger partial charge in [-0.05, 0) is 57.5 Å². The summed E-state index contributed by atoms with van der Waals surface area (Å²) >= 11 is 6.01. The number of nitrogens with zero attached hydrogens (tertiary/aromatic N) is 1. The van der Waals surface area contributed by atoms with Gasteiger partial charge in [0.15, 0.2) is 11.6 Å². The second kappa shape index (κ2) is 8.27. The summed E-state index contributed by atoms with van der Waals surface area (Å²) in [6.07, 6.45) is 0. The highest BCUT2D eigenvalue weighted by Gasteiger charge is 2.33. The summed E-state index contributed by atoms with van der Waals surface area (Å²) in [7, 11) is 0. The summed E-state index contributed by atoms with van der Waals surface area (Å²) in [6.45, 7) is 5.84. The maximum Gasteiger partial charge on any atom is 0.328 e. The maximum atomic E-state index is 14.2. The minimum atomic E-state index is -1.53. The Hall–Kier alpha value is -3.39. The zero-order chi connectivity index (χ0) is 24.0. The van der Waals surface area contributed by atoms with E-state index in [1.165, 1.54) is 24.5 Å². The first kappa shape index (κ1) is 23.3. The van der Waals surface area contributed by atoms with Crippen molar-refractivity contribution in [2.45, 2.75) is 39.2 Å². The Balaban J connectivity index is 2.20. The lowest BCUT2D eigenvalue weighted by molar-refractivity contribution is -0.146. The van der Waals surface area contributed by atoms with Crippen molar-refractivity contribution < 1.29 is 29.0 Å². The van der Waals surface area contributed by atoms with E-state index in [1.807, 2.05) is 0 Å². The molecule has 0 bridgehead atoms. The number of amides is 1. The third-order valence-corrected chi connectivity index (χ3v) is 5.63. The first-order chi connectivity index (χ1) is 14.8. The number of hydrogen-bond donors (Lipinski definition) is 3. The van der Waals surface area contributed by atoms with Crippen LogP contribution < -0.4 is 5.32 Å². The molecule has 3 N–H and O–H groups in total. The first-order valence-corrected chi connectivity index (χ1v) is 10.1. The number of carboxylic acid groups (broad SMARTS) is 1. The highest BCUT2D eigenvalue weighted by atomic mass is 35.5. The van der Waals surface area contributed by atoms with Gasteiger partial charge in [0.2, 0.25) is 5.91 Å². The van der Waals surface area contributed by atoms with E-state index in [-0.39, 0.29) is 11.1 Å². The van der Waals surface area contributed by atoms with Gasteiger partial charge in [-0.15, -0.1) is 0 Å². The van der Waals surface area contributed by atoms with Crippen molar-refractivity contribution in [1.29, 1.82) is 0 Å². The van der Waals surface area contributed by atoms with Gasteiger partial charge in [-0.25, -0.2) is 9.18 Å². The van der Waals surface area contributed by atoms with Crippen LogP contribution >= 0.6 is 11.6 Å². The van der Waals surface area contributed by atoms with Crippen molar-refractivity contribution in [2.75, 3.05) is 0 Å². The molecule has 0 aliphatic heterocycles. The van der Waals surface area contributed by atoms with Gasteiger partial charge in [-0.3, -0.25) is 14.2 Å². The largest absolute Gasteiger partial charge is 0.505 e. The molecule has 1 aromatic heterocycles. The molecule has 0 saturated heterocycles. The Bertz CT molecular complexity index is 1260. The van der Waals surface area contributed by atoms with Gasteiger partial charge < -0.3 is 15.5 Å². The van der Waals surface area contributed by atoms with Crippen LogP contribution in [0.4, 0.5) is 4.39 Å². The zero-order valence-corrected chi connectivity index (χ0v) is 18.6. The average Bonchev–Trinajstić information content (AvgIpc) is 2.97. The Morgan fingerprint density at radius 1 is 1.19 bits per heavy atom. The van der Waals surface area contributed by atoms with Crippen LogP contribution in [-0.2, 0) is 9.59 Å². The first-order valence-electron chi connectivity index (χ1n) is 9.74. The van der Waals surface area contributed by atoms with E-state index in [0.717, 1.165) is 12.1 Å². The van der Waals surface area contributed by atoms with E-state index in [1.54, 1.807) is 32.0 Å². The van der Waals surface area contributed by atoms with Crippen molar-refractivity contribution in [2.24, 2.45) is 0 Å². The molecule has 1 atom stereocenters. The molecule has 9 heteroatoms. The molecule has 7 nitrogen and oxygen atoms in total. The summed E-state index contributed by atoms with van der Waals surface area (Å²) in [6, 6.07) is 8.42. The SMILES string of the molecule is Cc1c(C(C)C(=O)NC(C)(C)C(=O)O)c2cc(O)c(F)cc2n1C(=O)c1cccc(Cl)c1. The average molecular weight is 461 g/mol. The second-order valence-corrected chi connectivity index (χ2v) is 8.55. The van der Waals surface area contributed by atoms with E-state index in [9.17, 15) is 29.0 Å². The number of phenols is 1. The number of nitrogens with one attached hydrogen (secondary N) is 1. The topological polar surface area (TPSA) is 109 Å². The van der Waals surface area contributed by atoms with Crippen LogP contribution in [-0.4, -0.2) is 38.1 Å². The smallest absolute Gasteiger partial charge is 0.328 e. The van der Waals surface area contributed by atoms with E-state index in [4.69, 9.17) is 11.6 Å². The van der Waals surface area contributed by atoms with Crippen LogP contribution in [0.2, 0.25) is 5.02 Å². The Morgan fingerprint density at radius 3 is 2.44 bits per heavy atom. The van der Waals surface area contributed by atoms with Crippen LogP contribution in [0.1, 0.15) is 48.3 Å². The number of carbonyl (C=O) groups excluding carboxylic acids is 2. The molecule has 0 saturated carbocycles. The minimum Gasteiger partial charge on any atom is -0.505 e. The number of hydrogen-bond acceptors (Lipinski definition) is 4. The number of benzene rings is 2. The van der Waals surface area contributed by atoms with Gasteiger partial charge in [-0.2, -0.15) is 0 Å². The summed E-state index contributed by atoms with van der Waals surface area (Å²) in [5.41, 5.74) is -0.394.